The Morgan fingerprint density at radius 3 is 3.05 bits per heavy atom. The van der Waals surface area contributed by atoms with Gasteiger partial charge in [-0.2, -0.15) is 0 Å². The average Bonchev–Trinajstić information content (AvgIpc) is 2.81. The second-order valence-electron chi connectivity index (χ2n) is 4.78. The highest BCUT2D eigenvalue weighted by Gasteiger charge is 2.35. The Morgan fingerprint density at radius 2 is 2.24 bits per heavy atom. The van der Waals surface area contributed by atoms with Gasteiger partial charge in [-0.1, -0.05) is 36.0 Å². The van der Waals surface area contributed by atoms with Crippen LogP contribution in [0, 0.1) is 0 Å². The molecule has 21 heavy (non-hydrogen) atoms. The number of esters is 1. The van der Waals surface area contributed by atoms with Crippen LogP contribution in [0.4, 0.5) is 0 Å². The molecule has 1 aliphatic carbocycles. The quantitative estimate of drug-likeness (QED) is 0.681. The maximum Gasteiger partial charge on any atom is 0.334 e. The summed E-state index contributed by atoms with van der Waals surface area (Å²) in [5.41, 5.74) is 3.53. The van der Waals surface area contributed by atoms with Gasteiger partial charge in [0.15, 0.2) is 6.61 Å². The molecule has 0 amide bonds. The first-order chi connectivity index (χ1) is 10.2. The van der Waals surface area contributed by atoms with E-state index in [-0.39, 0.29) is 17.3 Å². The molecule has 0 fully saturated rings. The molecule has 0 bridgehead atoms. The number of allylic oxidation sites excluding steroid dienone is 1. The van der Waals surface area contributed by atoms with Crippen LogP contribution in [0.3, 0.4) is 0 Å². The summed E-state index contributed by atoms with van der Waals surface area (Å²) in [6, 6.07) is 8.30. The summed E-state index contributed by atoms with van der Waals surface area (Å²) in [7, 11) is 0. The van der Waals surface area contributed by atoms with E-state index in [2.05, 4.69) is 30.8 Å². The van der Waals surface area contributed by atoms with Crippen molar-refractivity contribution in [3.63, 3.8) is 0 Å². The Balaban J connectivity index is 1.81. The Morgan fingerprint density at radius 1 is 1.43 bits per heavy atom. The van der Waals surface area contributed by atoms with E-state index < -0.39 is 0 Å². The van der Waals surface area contributed by atoms with Crippen LogP contribution < -0.4 is 0 Å². The molecular formula is C15H17NO3S2. The number of ether oxygens (including phenoxy) is 1. The fourth-order valence-electron chi connectivity index (χ4n) is 2.58. The minimum absolute atomic E-state index is 0.0929. The van der Waals surface area contributed by atoms with E-state index >= 15 is 0 Å². The van der Waals surface area contributed by atoms with E-state index in [1.54, 1.807) is 23.7 Å². The van der Waals surface area contributed by atoms with Crippen molar-refractivity contribution in [1.29, 1.82) is 0 Å². The standard InChI is InChI=1S/C15H17NO3S2/c1-2-18-13(17)9-19-16-14-11-6-4-3-5-10(11)7-8-12(14)21-15(16)20/h3-6,15,20H,2,7-9H2,1H3. The number of aryl methyl sites for hydroxylation is 1. The largest absolute Gasteiger partial charge is 0.464 e. The third-order valence-corrected chi connectivity index (χ3v) is 5.06. The monoisotopic (exact) mass is 323 g/mol. The molecule has 1 unspecified atom stereocenters. The first-order valence-electron chi connectivity index (χ1n) is 6.94. The number of fused-ring (bicyclic) bond motifs is 2. The van der Waals surface area contributed by atoms with Crippen LogP contribution in [0.2, 0.25) is 0 Å². The third-order valence-electron chi connectivity index (χ3n) is 3.45. The lowest BCUT2D eigenvalue weighted by atomic mass is 9.94. The van der Waals surface area contributed by atoms with E-state index in [9.17, 15) is 4.79 Å². The van der Waals surface area contributed by atoms with Crippen molar-refractivity contribution < 1.29 is 14.4 Å². The van der Waals surface area contributed by atoms with Gasteiger partial charge in [-0.3, -0.25) is 4.84 Å². The molecule has 1 atom stereocenters. The molecule has 0 aromatic heterocycles. The van der Waals surface area contributed by atoms with Gasteiger partial charge in [0, 0.05) is 10.5 Å². The predicted molar refractivity (Wildman–Crippen MR) is 86.5 cm³/mol. The molecule has 0 saturated carbocycles. The summed E-state index contributed by atoms with van der Waals surface area (Å²) in [6.07, 6.45) is 2.03. The molecule has 4 nitrogen and oxygen atoms in total. The second kappa shape index (κ2) is 6.34. The summed E-state index contributed by atoms with van der Waals surface area (Å²) >= 11 is 6.24. The van der Waals surface area contributed by atoms with Crippen molar-refractivity contribution in [3.8, 4) is 0 Å². The van der Waals surface area contributed by atoms with Crippen molar-refractivity contribution in [3.05, 3.63) is 40.3 Å². The highest BCUT2D eigenvalue weighted by molar-refractivity contribution is 8.13. The van der Waals surface area contributed by atoms with Gasteiger partial charge in [0.2, 0.25) is 0 Å². The van der Waals surface area contributed by atoms with Gasteiger partial charge < -0.3 is 4.74 Å². The Hall–Kier alpha value is -1.11. The first kappa shape index (κ1) is 14.8. The van der Waals surface area contributed by atoms with Gasteiger partial charge in [-0.25, -0.2) is 9.86 Å². The zero-order valence-electron chi connectivity index (χ0n) is 11.7. The molecule has 1 aromatic carbocycles. The lowest BCUT2D eigenvalue weighted by molar-refractivity contribution is -0.165. The molecule has 1 heterocycles. The van der Waals surface area contributed by atoms with Crippen molar-refractivity contribution in [2.24, 2.45) is 0 Å². The molecule has 6 heteroatoms. The number of nitrogens with zero attached hydrogens (tertiary/aromatic N) is 1. The lowest BCUT2D eigenvalue weighted by Crippen LogP contribution is -2.28. The Bertz CT molecular complexity index is 588. The van der Waals surface area contributed by atoms with Crippen LogP contribution in [0.5, 0.6) is 0 Å². The number of benzene rings is 1. The summed E-state index contributed by atoms with van der Waals surface area (Å²) in [6.45, 7) is 2.05. The fourth-order valence-corrected chi connectivity index (χ4v) is 4.19. The molecular weight excluding hydrogens is 306 g/mol. The molecule has 112 valence electrons. The van der Waals surface area contributed by atoms with Crippen LogP contribution in [0.15, 0.2) is 29.2 Å². The van der Waals surface area contributed by atoms with E-state index in [4.69, 9.17) is 9.57 Å². The normalized spacial score (nSPS) is 20.3. The topological polar surface area (TPSA) is 38.8 Å². The molecule has 1 aromatic rings. The SMILES string of the molecule is CCOC(=O)CON1C2=C(CCc3ccccc32)SC1S. The smallest absolute Gasteiger partial charge is 0.334 e. The molecule has 0 spiro atoms. The van der Waals surface area contributed by atoms with Gasteiger partial charge in [-0.05, 0) is 25.3 Å². The fraction of sp³-hybridized carbons (Fsp3) is 0.400. The summed E-state index contributed by atoms with van der Waals surface area (Å²) < 4.78 is 4.77. The number of thiol groups is 1. The first-order valence-corrected chi connectivity index (χ1v) is 8.34. The molecule has 2 aliphatic rings. The maximum atomic E-state index is 11.5. The van der Waals surface area contributed by atoms with Crippen LogP contribution in [-0.4, -0.2) is 29.0 Å². The number of thioether (sulfide) groups is 1. The van der Waals surface area contributed by atoms with E-state index in [0.29, 0.717) is 6.61 Å². The zero-order valence-corrected chi connectivity index (χ0v) is 13.5. The van der Waals surface area contributed by atoms with Gasteiger partial charge >= 0.3 is 5.97 Å². The number of hydrogen-bond donors (Lipinski definition) is 1. The van der Waals surface area contributed by atoms with Crippen molar-refractivity contribution in [2.45, 2.75) is 24.5 Å². The van der Waals surface area contributed by atoms with Crippen LogP contribution in [0.25, 0.3) is 5.70 Å². The van der Waals surface area contributed by atoms with Gasteiger partial charge in [-0.15, -0.1) is 12.6 Å². The van der Waals surface area contributed by atoms with Gasteiger partial charge in [0.1, 0.15) is 4.71 Å². The van der Waals surface area contributed by atoms with Gasteiger partial charge in [0.25, 0.3) is 0 Å². The minimum Gasteiger partial charge on any atom is -0.464 e. The maximum absolute atomic E-state index is 11.5. The van der Waals surface area contributed by atoms with Crippen molar-refractivity contribution in [1.82, 2.24) is 5.06 Å². The Kier molecular flexibility index (Phi) is 4.47. The van der Waals surface area contributed by atoms with Gasteiger partial charge in [0.05, 0.1) is 12.3 Å². The van der Waals surface area contributed by atoms with Crippen molar-refractivity contribution in [2.75, 3.05) is 13.2 Å². The van der Waals surface area contributed by atoms with E-state index in [0.717, 1.165) is 18.5 Å². The summed E-state index contributed by atoms with van der Waals surface area (Å²) in [4.78, 5) is 18.4. The highest BCUT2D eigenvalue weighted by Crippen LogP contribution is 2.49. The number of carbonyl (C=O) groups excluding carboxylic acids is 1. The molecule has 0 radical (unpaired) electrons. The van der Waals surface area contributed by atoms with E-state index in [1.807, 2.05) is 6.07 Å². The molecule has 0 N–H and O–H groups in total. The third kappa shape index (κ3) is 2.93. The molecule has 1 aliphatic heterocycles. The summed E-state index contributed by atoms with van der Waals surface area (Å²) in [5, 5.41) is 1.73. The number of hydroxylamine groups is 2. The summed E-state index contributed by atoms with van der Waals surface area (Å²) in [5.74, 6) is -0.360. The Labute approximate surface area is 133 Å². The van der Waals surface area contributed by atoms with Crippen molar-refractivity contribution >= 4 is 36.1 Å². The molecule has 0 saturated heterocycles. The number of rotatable bonds is 4. The van der Waals surface area contributed by atoms with Crippen LogP contribution in [-0.2, 0) is 20.8 Å². The average molecular weight is 323 g/mol. The van der Waals surface area contributed by atoms with Crippen LogP contribution >= 0.6 is 24.4 Å². The molecule has 3 rings (SSSR count). The highest BCUT2D eigenvalue weighted by atomic mass is 32.2. The number of hydrogen-bond acceptors (Lipinski definition) is 6. The number of carbonyl (C=O) groups is 1. The second-order valence-corrected chi connectivity index (χ2v) is 6.79. The lowest BCUT2D eigenvalue weighted by Gasteiger charge is -2.27. The zero-order chi connectivity index (χ0) is 14.8. The predicted octanol–water partition coefficient (Wildman–Crippen LogP) is 3.06. The minimum atomic E-state index is -0.360. The van der Waals surface area contributed by atoms with E-state index in [1.165, 1.54) is 16.0 Å². The van der Waals surface area contributed by atoms with Crippen LogP contribution in [0.1, 0.15) is 24.5 Å².